The minimum atomic E-state index is -0.984. The number of amides is 1. The third kappa shape index (κ3) is 4.58. The standard InChI is InChI=1S/C17H20N3O4/c1-11(9-12-7-5-4-6-8-12)15(16(18)21)24-17-19-13(22-2)10-14(20-17)23-3/h4-8,10-11,15,18H,9H2,1-3H3. The average molecular weight is 330 g/mol. The van der Waals surface area contributed by atoms with Gasteiger partial charge in [0.2, 0.25) is 11.8 Å². The fourth-order valence-electron chi connectivity index (χ4n) is 2.28. The molecular formula is C17H20N3O4. The zero-order chi connectivity index (χ0) is 17.5. The summed E-state index contributed by atoms with van der Waals surface area (Å²) in [7, 11) is 2.91. The first kappa shape index (κ1) is 17.5. The molecule has 127 valence electrons. The molecule has 0 saturated heterocycles. The fourth-order valence-corrected chi connectivity index (χ4v) is 2.28. The number of hydrogen-bond donors (Lipinski definition) is 0. The number of methoxy groups -OCH3 is 2. The molecule has 7 nitrogen and oxygen atoms in total. The van der Waals surface area contributed by atoms with Crippen LogP contribution < -0.4 is 19.9 Å². The first-order valence-corrected chi connectivity index (χ1v) is 7.46. The first-order chi connectivity index (χ1) is 11.5. The molecule has 0 aliphatic heterocycles. The lowest BCUT2D eigenvalue weighted by molar-refractivity contribution is -0.127. The number of carbonyl (C=O) groups is 1. The predicted octanol–water partition coefficient (Wildman–Crippen LogP) is 1.93. The molecule has 1 aromatic carbocycles. The quantitative estimate of drug-likeness (QED) is 0.734. The first-order valence-electron chi connectivity index (χ1n) is 7.46. The molecule has 0 spiro atoms. The highest BCUT2D eigenvalue weighted by atomic mass is 16.5. The molecule has 7 heteroatoms. The van der Waals surface area contributed by atoms with Crippen molar-refractivity contribution in [2.45, 2.75) is 19.4 Å². The van der Waals surface area contributed by atoms with Crippen LogP contribution in [0.4, 0.5) is 0 Å². The maximum atomic E-state index is 11.7. The molecule has 1 aromatic heterocycles. The molecule has 1 amide bonds. The number of aromatic nitrogens is 2. The number of hydrogen-bond acceptors (Lipinski definition) is 6. The summed E-state index contributed by atoms with van der Waals surface area (Å²) in [6.07, 6.45) is -0.390. The van der Waals surface area contributed by atoms with Crippen molar-refractivity contribution in [3.63, 3.8) is 0 Å². The van der Waals surface area contributed by atoms with Crippen LogP contribution in [0.5, 0.6) is 17.8 Å². The second-order valence-corrected chi connectivity index (χ2v) is 5.30. The lowest BCUT2D eigenvalue weighted by Gasteiger charge is -2.21. The Labute approximate surface area is 140 Å². The van der Waals surface area contributed by atoms with Gasteiger partial charge in [-0.3, -0.25) is 10.5 Å². The van der Waals surface area contributed by atoms with E-state index in [0.29, 0.717) is 6.42 Å². The minimum Gasteiger partial charge on any atom is -0.481 e. The summed E-state index contributed by atoms with van der Waals surface area (Å²) < 4.78 is 15.7. The third-order valence-electron chi connectivity index (χ3n) is 3.49. The lowest BCUT2D eigenvalue weighted by Crippen LogP contribution is -2.36. The summed E-state index contributed by atoms with van der Waals surface area (Å²) >= 11 is 0. The van der Waals surface area contributed by atoms with Crippen LogP contribution in [0, 0.1) is 5.92 Å². The molecule has 0 fully saturated rings. The third-order valence-corrected chi connectivity index (χ3v) is 3.49. The molecule has 0 bridgehead atoms. The van der Waals surface area contributed by atoms with Crippen molar-refractivity contribution >= 4 is 5.91 Å². The normalized spacial score (nSPS) is 13.0. The van der Waals surface area contributed by atoms with Gasteiger partial charge >= 0.3 is 6.01 Å². The minimum absolute atomic E-state index is 0.0586. The molecule has 2 unspecified atom stereocenters. The summed E-state index contributed by atoms with van der Waals surface area (Å²) in [5, 5.41) is 0. The lowest BCUT2D eigenvalue weighted by atomic mass is 9.95. The van der Waals surface area contributed by atoms with Crippen molar-refractivity contribution < 1.29 is 19.0 Å². The van der Waals surface area contributed by atoms with Crippen molar-refractivity contribution in [2.75, 3.05) is 14.2 Å². The van der Waals surface area contributed by atoms with Crippen LogP contribution in [-0.4, -0.2) is 36.2 Å². The fraction of sp³-hybridized carbons (Fsp3) is 0.353. The van der Waals surface area contributed by atoms with Gasteiger partial charge in [-0.1, -0.05) is 37.3 Å². The second kappa shape index (κ2) is 8.14. The molecule has 2 atom stereocenters. The Kier molecular flexibility index (Phi) is 5.95. The van der Waals surface area contributed by atoms with E-state index in [4.69, 9.17) is 19.9 Å². The molecule has 1 N–H and O–H groups in total. The van der Waals surface area contributed by atoms with Crippen LogP contribution >= 0.6 is 0 Å². The highest BCUT2D eigenvalue weighted by molar-refractivity contribution is 5.78. The predicted molar refractivity (Wildman–Crippen MR) is 87.0 cm³/mol. The van der Waals surface area contributed by atoms with Crippen molar-refractivity contribution in [3.8, 4) is 17.8 Å². The zero-order valence-corrected chi connectivity index (χ0v) is 13.9. The maximum absolute atomic E-state index is 11.7. The summed E-state index contributed by atoms with van der Waals surface area (Å²) in [6.45, 7) is 1.85. The molecular weight excluding hydrogens is 310 g/mol. The van der Waals surface area contributed by atoms with Gasteiger partial charge in [0, 0.05) is 5.92 Å². The maximum Gasteiger partial charge on any atom is 0.323 e. The van der Waals surface area contributed by atoms with Crippen LogP contribution in [0.1, 0.15) is 12.5 Å². The topological polar surface area (TPSA) is 94.3 Å². The van der Waals surface area contributed by atoms with E-state index in [-0.39, 0.29) is 23.7 Å². The smallest absolute Gasteiger partial charge is 0.323 e. The van der Waals surface area contributed by atoms with E-state index >= 15 is 0 Å². The Balaban J connectivity index is 2.17. The van der Waals surface area contributed by atoms with E-state index in [1.807, 2.05) is 37.3 Å². The Morgan fingerprint density at radius 1 is 1.12 bits per heavy atom. The largest absolute Gasteiger partial charge is 0.481 e. The van der Waals surface area contributed by atoms with Gasteiger partial charge in [-0.25, -0.2) is 0 Å². The summed E-state index contributed by atoms with van der Waals surface area (Å²) in [6, 6.07) is 11.1. The Hall–Kier alpha value is -2.83. The zero-order valence-electron chi connectivity index (χ0n) is 13.9. The average Bonchev–Trinajstić information content (AvgIpc) is 2.59. The molecule has 2 aromatic rings. The van der Waals surface area contributed by atoms with Crippen LogP contribution in [0.3, 0.4) is 0 Å². The van der Waals surface area contributed by atoms with E-state index in [0.717, 1.165) is 5.56 Å². The van der Waals surface area contributed by atoms with Crippen molar-refractivity contribution in [1.29, 1.82) is 0 Å². The molecule has 0 aliphatic carbocycles. The van der Waals surface area contributed by atoms with Crippen molar-refractivity contribution in [2.24, 2.45) is 5.92 Å². The molecule has 0 saturated carbocycles. The highest BCUT2D eigenvalue weighted by Gasteiger charge is 2.27. The molecule has 24 heavy (non-hydrogen) atoms. The van der Waals surface area contributed by atoms with Gasteiger partial charge in [-0.15, -0.1) is 0 Å². The van der Waals surface area contributed by atoms with Crippen LogP contribution in [0.15, 0.2) is 36.4 Å². The van der Waals surface area contributed by atoms with Gasteiger partial charge in [-0.2, -0.15) is 9.97 Å². The van der Waals surface area contributed by atoms with E-state index in [2.05, 4.69) is 9.97 Å². The highest BCUT2D eigenvalue weighted by Crippen LogP contribution is 2.22. The summed E-state index contributed by atoms with van der Waals surface area (Å²) in [5.74, 6) is -0.547. The van der Waals surface area contributed by atoms with E-state index < -0.39 is 12.0 Å². The van der Waals surface area contributed by atoms with Crippen LogP contribution in [0.2, 0.25) is 0 Å². The van der Waals surface area contributed by atoms with Crippen LogP contribution in [0.25, 0.3) is 0 Å². The number of benzene rings is 1. The van der Waals surface area contributed by atoms with Gasteiger partial charge < -0.3 is 14.2 Å². The summed E-state index contributed by atoms with van der Waals surface area (Å²) in [4.78, 5) is 19.8. The van der Waals surface area contributed by atoms with Gasteiger partial charge in [0.15, 0.2) is 6.10 Å². The van der Waals surface area contributed by atoms with Crippen molar-refractivity contribution in [3.05, 3.63) is 42.0 Å². The van der Waals surface area contributed by atoms with E-state index in [9.17, 15) is 4.79 Å². The number of rotatable bonds is 8. The Morgan fingerprint density at radius 3 is 2.21 bits per heavy atom. The van der Waals surface area contributed by atoms with E-state index in [1.165, 1.54) is 20.3 Å². The van der Waals surface area contributed by atoms with Gasteiger partial charge in [0.05, 0.1) is 20.3 Å². The number of nitrogens with one attached hydrogen (secondary N) is 1. The molecule has 1 radical (unpaired) electrons. The van der Waals surface area contributed by atoms with Gasteiger partial charge in [0.1, 0.15) is 0 Å². The number of carbonyl (C=O) groups excluding carboxylic acids is 1. The van der Waals surface area contributed by atoms with Gasteiger partial charge in [-0.05, 0) is 12.0 Å². The molecule has 1 heterocycles. The number of nitrogens with zero attached hydrogens (tertiary/aromatic N) is 2. The monoisotopic (exact) mass is 330 g/mol. The Morgan fingerprint density at radius 2 is 1.71 bits per heavy atom. The second-order valence-electron chi connectivity index (χ2n) is 5.30. The summed E-state index contributed by atoms with van der Waals surface area (Å²) in [5.41, 5.74) is 8.55. The number of ether oxygens (including phenoxy) is 3. The van der Waals surface area contributed by atoms with Crippen LogP contribution in [-0.2, 0) is 11.2 Å². The van der Waals surface area contributed by atoms with E-state index in [1.54, 1.807) is 0 Å². The van der Waals surface area contributed by atoms with Gasteiger partial charge in [0.25, 0.3) is 5.91 Å². The van der Waals surface area contributed by atoms with Crippen molar-refractivity contribution in [1.82, 2.24) is 15.7 Å². The molecule has 0 aliphatic rings. The molecule has 2 rings (SSSR count). The Bertz CT molecular complexity index is 657. The SMILES string of the molecule is COc1cc(OC)nc(OC(C([NH])=O)C(C)Cc2ccccc2)n1.